The molecule has 2 aromatic rings. The molecule has 0 aliphatic rings. The van der Waals surface area contributed by atoms with Gasteiger partial charge in [-0.05, 0) is 24.1 Å². The van der Waals surface area contributed by atoms with E-state index in [0.717, 1.165) is 11.1 Å². The Kier molecular flexibility index (Phi) is 4.16. The van der Waals surface area contributed by atoms with Gasteiger partial charge in [0, 0.05) is 17.4 Å². The van der Waals surface area contributed by atoms with Crippen molar-refractivity contribution in [2.45, 2.75) is 19.3 Å². The molecular weight excluding hydrogens is 244 g/mol. The second-order valence-corrected chi connectivity index (χ2v) is 4.80. The number of rotatable bonds is 4. The molecule has 0 heterocycles. The van der Waals surface area contributed by atoms with Gasteiger partial charge < -0.3 is 0 Å². The van der Waals surface area contributed by atoms with Gasteiger partial charge in [0.2, 0.25) is 0 Å². The highest BCUT2D eigenvalue weighted by atomic mass is 35.5. The van der Waals surface area contributed by atoms with Gasteiger partial charge >= 0.3 is 0 Å². The third kappa shape index (κ3) is 2.99. The van der Waals surface area contributed by atoms with Crippen LogP contribution in [0.1, 0.15) is 30.4 Å². The predicted octanol–water partition coefficient (Wildman–Crippen LogP) is 4.45. The summed E-state index contributed by atoms with van der Waals surface area (Å²) >= 11 is 6.24. The van der Waals surface area contributed by atoms with Crippen molar-refractivity contribution in [2.75, 3.05) is 0 Å². The molecule has 1 atom stereocenters. The van der Waals surface area contributed by atoms with Crippen LogP contribution >= 0.6 is 11.6 Å². The lowest BCUT2D eigenvalue weighted by molar-refractivity contribution is -0.117. The molecule has 2 heteroatoms. The highest BCUT2D eigenvalue weighted by Gasteiger charge is 2.18. The summed E-state index contributed by atoms with van der Waals surface area (Å²) in [5, 5.41) is 0.715. The van der Waals surface area contributed by atoms with E-state index in [1.54, 1.807) is 6.92 Å². The van der Waals surface area contributed by atoms with Gasteiger partial charge in [0.25, 0.3) is 0 Å². The summed E-state index contributed by atoms with van der Waals surface area (Å²) in [5.74, 6) is 0.209. The maximum Gasteiger partial charge on any atom is 0.130 e. The molecule has 0 amide bonds. The van der Waals surface area contributed by atoms with E-state index in [4.69, 9.17) is 11.6 Å². The van der Waals surface area contributed by atoms with Crippen molar-refractivity contribution >= 4 is 17.4 Å². The summed E-state index contributed by atoms with van der Waals surface area (Å²) in [5.41, 5.74) is 2.14. The van der Waals surface area contributed by atoms with Crippen LogP contribution in [0.3, 0.4) is 0 Å². The van der Waals surface area contributed by atoms with Crippen molar-refractivity contribution in [3.05, 3.63) is 70.7 Å². The van der Waals surface area contributed by atoms with Crippen LogP contribution < -0.4 is 0 Å². The van der Waals surface area contributed by atoms with Crippen molar-refractivity contribution in [3.63, 3.8) is 0 Å². The average molecular weight is 259 g/mol. The minimum atomic E-state index is 0.0393. The Morgan fingerprint density at radius 1 is 1.06 bits per heavy atom. The first kappa shape index (κ1) is 12.8. The summed E-state index contributed by atoms with van der Waals surface area (Å²) in [6.07, 6.45) is 0.480. The number of hydrogen-bond donors (Lipinski definition) is 0. The van der Waals surface area contributed by atoms with Crippen LogP contribution in [0, 0.1) is 0 Å². The molecule has 1 nitrogen and oxygen atoms in total. The fraction of sp³-hybridized carbons (Fsp3) is 0.188. The molecule has 0 saturated heterocycles. The van der Waals surface area contributed by atoms with Gasteiger partial charge in [-0.1, -0.05) is 60.1 Å². The fourth-order valence-corrected chi connectivity index (χ4v) is 2.41. The van der Waals surface area contributed by atoms with Crippen LogP contribution in [0.15, 0.2) is 54.6 Å². The Morgan fingerprint density at radius 3 is 2.28 bits per heavy atom. The predicted molar refractivity (Wildman–Crippen MR) is 75.0 cm³/mol. The van der Waals surface area contributed by atoms with Gasteiger partial charge in [0.15, 0.2) is 0 Å². The van der Waals surface area contributed by atoms with Crippen LogP contribution in [-0.4, -0.2) is 5.78 Å². The van der Waals surface area contributed by atoms with Crippen molar-refractivity contribution in [3.8, 4) is 0 Å². The summed E-state index contributed by atoms with van der Waals surface area (Å²) in [6, 6.07) is 17.7. The second-order valence-electron chi connectivity index (χ2n) is 4.39. The lowest BCUT2D eigenvalue weighted by Gasteiger charge is -2.17. The molecule has 1 unspecified atom stereocenters. The molecule has 92 valence electrons. The lowest BCUT2D eigenvalue weighted by Crippen LogP contribution is -2.06. The van der Waals surface area contributed by atoms with Gasteiger partial charge in [-0.3, -0.25) is 4.79 Å². The van der Waals surface area contributed by atoms with Crippen LogP contribution in [0.5, 0.6) is 0 Å². The van der Waals surface area contributed by atoms with Crippen LogP contribution in [0.2, 0.25) is 5.02 Å². The Morgan fingerprint density at radius 2 is 1.67 bits per heavy atom. The quantitative estimate of drug-likeness (QED) is 0.792. The largest absolute Gasteiger partial charge is 0.300 e. The topological polar surface area (TPSA) is 17.1 Å². The normalized spacial score (nSPS) is 12.1. The van der Waals surface area contributed by atoms with E-state index in [-0.39, 0.29) is 11.7 Å². The number of benzene rings is 2. The first-order valence-corrected chi connectivity index (χ1v) is 6.35. The van der Waals surface area contributed by atoms with Crippen LogP contribution in [0.25, 0.3) is 0 Å². The maximum absolute atomic E-state index is 11.5. The number of carbonyl (C=O) groups is 1. The van der Waals surface area contributed by atoms with E-state index in [0.29, 0.717) is 11.4 Å². The minimum absolute atomic E-state index is 0.0393. The third-order valence-electron chi connectivity index (χ3n) is 2.97. The molecule has 2 rings (SSSR count). The van der Waals surface area contributed by atoms with Crippen LogP contribution in [0.4, 0.5) is 0 Å². The summed E-state index contributed by atoms with van der Waals surface area (Å²) in [7, 11) is 0. The lowest BCUT2D eigenvalue weighted by atomic mass is 9.87. The van der Waals surface area contributed by atoms with Crippen molar-refractivity contribution in [1.29, 1.82) is 0 Å². The maximum atomic E-state index is 11.5. The third-order valence-corrected chi connectivity index (χ3v) is 3.32. The second kappa shape index (κ2) is 5.83. The number of halogens is 1. The molecular formula is C16H15ClO. The Balaban J connectivity index is 2.44. The van der Waals surface area contributed by atoms with Gasteiger partial charge in [-0.2, -0.15) is 0 Å². The smallest absolute Gasteiger partial charge is 0.130 e. The summed E-state index contributed by atoms with van der Waals surface area (Å²) in [6.45, 7) is 1.62. The molecule has 0 fully saturated rings. The van der Waals surface area contributed by atoms with Gasteiger partial charge in [0.05, 0.1) is 0 Å². The molecule has 0 radical (unpaired) electrons. The van der Waals surface area contributed by atoms with Gasteiger partial charge in [0.1, 0.15) is 5.78 Å². The highest BCUT2D eigenvalue weighted by Crippen LogP contribution is 2.32. The molecule has 0 spiro atoms. The zero-order chi connectivity index (χ0) is 13.0. The molecule has 18 heavy (non-hydrogen) atoms. The van der Waals surface area contributed by atoms with E-state index in [1.165, 1.54) is 0 Å². The molecule has 0 bridgehead atoms. The SMILES string of the molecule is CC(=O)CC(c1ccccc1)c1ccccc1Cl. The van der Waals surface area contributed by atoms with Crippen molar-refractivity contribution in [1.82, 2.24) is 0 Å². The average Bonchev–Trinajstić information content (AvgIpc) is 2.38. The van der Waals surface area contributed by atoms with Gasteiger partial charge in [-0.15, -0.1) is 0 Å². The van der Waals surface area contributed by atoms with Crippen LogP contribution in [-0.2, 0) is 4.79 Å². The molecule has 0 N–H and O–H groups in total. The van der Waals surface area contributed by atoms with E-state index < -0.39 is 0 Å². The number of Topliss-reactive ketones (excluding diaryl/α,β-unsaturated/α-hetero) is 1. The summed E-state index contributed by atoms with van der Waals surface area (Å²) < 4.78 is 0. The number of carbonyl (C=O) groups excluding carboxylic acids is 1. The Hall–Kier alpha value is -1.60. The minimum Gasteiger partial charge on any atom is -0.300 e. The number of hydrogen-bond acceptors (Lipinski definition) is 1. The molecule has 2 aromatic carbocycles. The fourth-order valence-electron chi connectivity index (χ4n) is 2.14. The first-order chi connectivity index (χ1) is 8.68. The molecule has 0 aromatic heterocycles. The zero-order valence-electron chi connectivity index (χ0n) is 10.3. The summed E-state index contributed by atoms with van der Waals surface area (Å²) in [4.78, 5) is 11.5. The first-order valence-electron chi connectivity index (χ1n) is 5.97. The van der Waals surface area contributed by atoms with E-state index in [2.05, 4.69) is 0 Å². The van der Waals surface area contributed by atoms with E-state index >= 15 is 0 Å². The zero-order valence-corrected chi connectivity index (χ0v) is 11.0. The molecule has 0 aliphatic heterocycles. The Bertz CT molecular complexity index is 534. The number of ketones is 1. The van der Waals surface area contributed by atoms with Crippen molar-refractivity contribution < 1.29 is 4.79 Å². The molecule has 0 aliphatic carbocycles. The monoisotopic (exact) mass is 258 g/mol. The van der Waals surface area contributed by atoms with Gasteiger partial charge in [-0.25, -0.2) is 0 Å². The Labute approximate surface area is 112 Å². The molecule has 0 saturated carbocycles. The van der Waals surface area contributed by atoms with E-state index in [1.807, 2.05) is 54.6 Å². The standard InChI is InChI=1S/C16H15ClO/c1-12(18)11-15(13-7-3-2-4-8-13)14-9-5-6-10-16(14)17/h2-10,15H,11H2,1H3. The van der Waals surface area contributed by atoms with Crippen molar-refractivity contribution in [2.24, 2.45) is 0 Å². The highest BCUT2D eigenvalue weighted by molar-refractivity contribution is 6.31. The van der Waals surface area contributed by atoms with E-state index in [9.17, 15) is 4.79 Å².